The lowest BCUT2D eigenvalue weighted by Gasteiger charge is -2.25. The molecular weight excluding hydrogens is 262 g/mol. The molecule has 1 aliphatic carbocycles. The number of carbonyl (C=O) groups is 1. The second-order valence-corrected chi connectivity index (χ2v) is 6.17. The van der Waals surface area contributed by atoms with Crippen LogP contribution in [-0.2, 0) is 11.3 Å². The molecule has 0 aromatic carbocycles. The van der Waals surface area contributed by atoms with Crippen LogP contribution in [0.5, 0.6) is 0 Å². The Hall–Kier alpha value is -1.04. The van der Waals surface area contributed by atoms with Gasteiger partial charge in [-0.25, -0.2) is 0 Å². The summed E-state index contributed by atoms with van der Waals surface area (Å²) in [5.74, 6) is 1.57. The van der Waals surface area contributed by atoms with Gasteiger partial charge in [0.05, 0.1) is 5.75 Å². The molecule has 0 saturated heterocycles. The molecule has 0 unspecified atom stereocenters. The molecule has 2 rings (SSSR count). The van der Waals surface area contributed by atoms with Crippen molar-refractivity contribution in [1.29, 1.82) is 0 Å². The van der Waals surface area contributed by atoms with Crippen molar-refractivity contribution >= 4 is 17.7 Å². The highest BCUT2D eigenvalue weighted by atomic mass is 32.2. The van der Waals surface area contributed by atoms with E-state index in [1.54, 1.807) is 0 Å². The molecule has 5 nitrogen and oxygen atoms in total. The smallest absolute Gasteiger partial charge is 0.313 e. The molecule has 1 aromatic rings. The third-order valence-corrected chi connectivity index (χ3v) is 4.72. The zero-order valence-corrected chi connectivity index (χ0v) is 12.3. The van der Waals surface area contributed by atoms with E-state index in [9.17, 15) is 4.79 Å². The summed E-state index contributed by atoms with van der Waals surface area (Å²) < 4.78 is 2.08. The summed E-state index contributed by atoms with van der Waals surface area (Å²) in [6.45, 7) is 5.16. The Kier molecular flexibility index (Phi) is 4.85. The van der Waals surface area contributed by atoms with Gasteiger partial charge in [0.15, 0.2) is 5.16 Å². The second kappa shape index (κ2) is 6.41. The number of rotatable bonds is 5. The van der Waals surface area contributed by atoms with Crippen LogP contribution in [-0.4, -0.2) is 31.6 Å². The Morgan fingerprint density at radius 2 is 2.05 bits per heavy atom. The molecule has 0 amide bonds. The van der Waals surface area contributed by atoms with E-state index in [2.05, 4.69) is 28.6 Å². The zero-order chi connectivity index (χ0) is 13.8. The van der Waals surface area contributed by atoms with E-state index >= 15 is 0 Å². The van der Waals surface area contributed by atoms with E-state index in [0.29, 0.717) is 5.92 Å². The number of aliphatic carboxylic acids is 1. The van der Waals surface area contributed by atoms with Crippen LogP contribution in [0.25, 0.3) is 0 Å². The fourth-order valence-electron chi connectivity index (χ4n) is 2.65. The standard InChI is InChI=1S/C13H21N3O2S/c1-3-16-12(10-6-4-9(2)5-7-10)14-15-13(16)19-8-11(17)18/h9-10H,3-8H2,1-2H3,(H,17,18). The Morgan fingerprint density at radius 3 is 2.63 bits per heavy atom. The molecule has 1 N–H and O–H groups in total. The van der Waals surface area contributed by atoms with Gasteiger partial charge >= 0.3 is 5.97 Å². The summed E-state index contributed by atoms with van der Waals surface area (Å²) in [6.07, 6.45) is 4.84. The van der Waals surface area contributed by atoms with Crippen molar-refractivity contribution in [1.82, 2.24) is 14.8 Å². The molecule has 6 heteroatoms. The lowest BCUT2D eigenvalue weighted by molar-refractivity contribution is -0.133. The topological polar surface area (TPSA) is 68.0 Å². The van der Waals surface area contributed by atoms with Gasteiger partial charge in [-0.05, 0) is 25.7 Å². The van der Waals surface area contributed by atoms with Gasteiger partial charge in [0.2, 0.25) is 0 Å². The van der Waals surface area contributed by atoms with Crippen LogP contribution >= 0.6 is 11.8 Å². The van der Waals surface area contributed by atoms with E-state index in [-0.39, 0.29) is 5.75 Å². The van der Waals surface area contributed by atoms with Crippen molar-refractivity contribution in [2.75, 3.05) is 5.75 Å². The first kappa shape index (κ1) is 14.4. The molecular formula is C13H21N3O2S. The summed E-state index contributed by atoms with van der Waals surface area (Å²) in [4.78, 5) is 10.6. The van der Waals surface area contributed by atoms with E-state index in [1.165, 1.54) is 37.4 Å². The molecule has 0 spiro atoms. The molecule has 1 heterocycles. The maximum atomic E-state index is 10.6. The summed E-state index contributed by atoms with van der Waals surface area (Å²) in [7, 11) is 0. The van der Waals surface area contributed by atoms with Crippen LogP contribution in [0.15, 0.2) is 5.16 Å². The third kappa shape index (κ3) is 3.49. The average molecular weight is 283 g/mol. The normalized spacial score (nSPS) is 23.5. The minimum atomic E-state index is -0.816. The fraction of sp³-hybridized carbons (Fsp3) is 0.769. The Balaban J connectivity index is 2.10. The Morgan fingerprint density at radius 1 is 1.37 bits per heavy atom. The van der Waals surface area contributed by atoms with Crippen LogP contribution in [0.1, 0.15) is 51.3 Å². The highest BCUT2D eigenvalue weighted by molar-refractivity contribution is 7.99. The zero-order valence-electron chi connectivity index (χ0n) is 11.5. The molecule has 1 aromatic heterocycles. The number of aromatic nitrogens is 3. The second-order valence-electron chi connectivity index (χ2n) is 5.22. The van der Waals surface area contributed by atoms with Crippen LogP contribution in [0, 0.1) is 5.92 Å². The van der Waals surface area contributed by atoms with Gasteiger partial charge < -0.3 is 9.67 Å². The predicted octanol–water partition coefficient (Wildman–Crippen LogP) is 2.77. The van der Waals surface area contributed by atoms with Crippen molar-refractivity contribution in [2.24, 2.45) is 5.92 Å². The van der Waals surface area contributed by atoms with Crippen LogP contribution in [0.4, 0.5) is 0 Å². The lowest BCUT2D eigenvalue weighted by atomic mass is 9.82. The first-order valence-electron chi connectivity index (χ1n) is 6.89. The van der Waals surface area contributed by atoms with Gasteiger partial charge in [-0.2, -0.15) is 0 Å². The number of carboxylic acid groups (broad SMARTS) is 1. The fourth-order valence-corrected chi connectivity index (χ4v) is 3.38. The number of nitrogens with zero attached hydrogens (tertiary/aromatic N) is 3. The SMILES string of the molecule is CCn1c(SCC(=O)O)nnc1C1CCC(C)CC1. The number of hydrogen-bond donors (Lipinski definition) is 1. The van der Waals surface area contributed by atoms with Gasteiger partial charge in [0.1, 0.15) is 5.82 Å². The van der Waals surface area contributed by atoms with Gasteiger partial charge in [0.25, 0.3) is 0 Å². The predicted molar refractivity (Wildman–Crippen MR) is 74.4 cm³/mol. The van der Waals surface area contributed by atoms with Crippen molar-refractivity contribution in [3.8, 4) is 0 Å². The molecule has 106 valence electrons. The van der Waals surface area contributed by atoms with Crippen molar-refractivity contribution in [2.45, 2.75) is 57.1 Å². The van der Waals surface area contributed by atoms with Gasteiger partial charge in [-0.3, -0.25) is 4.79 Å². The van der Waals surface area contributed by atoms with Crippen LogP contribution in [0.3, 0.4) is 0 Å². The maximum absolute atomic E-state index is 10.6. The molecule has 0 radical (unpaired) electrons. The third-order valence-electron chi connectivity index (χ3n) is 3.77. The summed E-state index contributed by atoms with van der Waals surface area (Å²) >= 11 is 1.25. The van der Waals surface area contributed by atoms with Crippen molar-refractivity contribution in [3.63, 3.8) is 0 Å². The highest BCUT2D eigenvalue weighted by Gasteiger charge is 2.25. The van der Waals surface area contributed by atoms with E-state index in [4.69, 9.17) is 5.11 Å². The quantitative estimate of drug-likeness (QED) is 0.842. The minimum Gasteiger partial charge on any atom is -0.481 e. The van der Waals surface area contributed by atoms with E-state index < -0.39 is 5.97 Å². The molecule has 0 atom stereocenters. The summed E-state index contributed by atoms with van der Waals surface area (Å²) in [5.41, 5.74) is 0. The summed E-state index contributed by atoms with van der Waals surface area (Å²) in [5, 5.41) is 18.0. The van der Waals surface area contributed by atoms with E-state index in [0.717, 1.165) is 23.4 Å². The number of thioether (sulfide) groups is 1. The summed E-state index contributed by atoms with van der Waals surface area (Å²) in [6, 6.07) is 0. The van der Waals surface area contributed by atoms with Crippen molar-refractivity contribution in [3.05, 3.63) is 5.82 Å². The first-order valence-corrected chi connectivity index (χ1v) is 7.88. The molecule has 0 bridgehead atoms. The van der Waals surface area contributed by atoms with E-state index in [1.807, 2.05) is 0 Å². The Bertz CT molecular complexity index is 439. The molecule has 1 saturated carbocycles. The maximum Gasteiger partial charge on any atom is 0.313 e. The Labute approximate surface area is 117 Å². The molecule has 1 fully saturated rings. The average Bonchev–Trinajstić information content (AvgIpc) is 2.80. The molecule has 1 aliphatic rings. The van der Waals surface area contributed by atoms with Crippen LogP contribution < -0.4 is 0 Å². The monoisotopic (exact) mass is 283 g/mol. The van der Waals surface area contributed by atoms with Crippen LogP contribution in [0.2, 0.25) is 0 Å². The minimum absolute atomic E-state index is 0.0415. The first-order chi connectivity index (χ1) is 9.11. The van der Waals surface area contributed by atoms with Gasteiger partial charge in [-0.1, -0.05) is 31.5 Å². The largest absolute Gasteiger partial charge is 0.481 e. The van der Waals surface area contributed by atoms with Crippen molar-refractivity contribution < 1.29 is 9.90 Å². The molecule has 19 heavy (non-hydrogen) atoms. The highest BCUT2D eigenvalue weighted by Crippen LogP contribution is 2.35. The van der Waals surface area contributed by atoms with Gasteiger partial charge in [0, 0.05) is 12.5 Å². The number of carboxylic acids is 1. The van der Waals surface area contributed by atoms with Gasteiger partial charge in [-0.15, -0.1) is 10.2 Å². The number of hydrogen-bond acceptors (Lipinski definition) is 4. The lowest BCUT2D eigenvalue weighted by Crippen LogP contribution is -2.15. The molecule has 0 aliphatic heterocycles.